The molecule has 1 N–H and O–H groups in total. The molecule has 0 aliphatic carbocycles. The van der Waals surface area contributed by atoms with E-state index < -0.39 is 10.0 Å². The van der Waals surface area contributed by atoms with Crippen molar-refractivity contribution in [1.82, 2.24) is 9.62 Å². The number of hydrogen-bond acceptors (Lipinski definition) is 3. The fourth-order valence-electron chi connectivity index (χ4n) is 3.77. The van der Waals surface area contributed by atoms with Gasteiger partial charge in [-0.1, -0.05) is 30.3 Å². The van der Waals surface area contributed by atoms with Crippen LogP contribution in [0.25, 0.3) is 0 Å². The Morgan fingerprint density at radius 1 is 1.00 bits per heavy atom. The van der Waals surface area contributed by atoms with E-state index in [1.807, 2.05) is 12.1 Å². The maximum absolute atomic E-state index is 13.3. The van der Waals surface area contributed by atoms with Gasteiger partial charge in [0.25, 0.3) is 0 Å². The van der Waals surface area contributed by atoms with Crippen LogP contribution in [0.2, 0.25) is 0 Å². The van der Waals surface area contributed by atoms with Crippen molar-refractivity contribution in [3.8, 4) is 0 Å². The van der Waals surface area contributed by atoms with Crippen LogP contribution in [0.3, 0.4) is 0 Å². The highest BCUT2D eigenvalue weighted by molar-refractivity contribution is 7.89. The minimum absolute atomic E-state index is 0. The number of nitrogens with one attached hydrogen (secondary N) is 1. The average Bonchev–Trinajstić information content (AvgIpc) is 2.84. The molecule has 4 rings (SSSR count). The molecule has 0 bridgehead atoms. The molecule has 7 heteroatoms. The summed E-state index contributed by atoms with van der Waals surface area (Å²) in [5.41, 5.74) is 1.59. The summed E-state index contributed by atoms with van der Waals surface area (Å²) in [6, 6.07) is 12.9. The number of halogens is 2. The van der Waals surface area contributed by atoms with Gasteiger partial charge in [-0.25, -0.2) is 12.8 Å². The van der Waals surface area contributed by atoms with E-state index in [0.717, 1.165) is 37.1 Å². The van der Waals surface area contributed by atoms with Gasteiger partial charge in [-0.05, 0) is 55.3 Å². The Hall–Kier alpha value is -1.47. The Balaban J connectivity index is 0.00000182. The highest BCUT2D eigenvalue weighted by atomic mass is 35.5. The van der Waals surface area contributed by atoms with Gasteiger partial charge in [0.05, 0.1) is 10.9 Å². The lowest BCUT2D eigenvalue weighted by atomic mass is 9.96. The first-order valence-electron chi connectivity index (χ1n) is 8.18. The average molecular weight is 383 g/mol. The Kier molecular flexibility index (Phi) is 5.16. The highest BCUT2D eigenvalue weighted by Gasteiger charge is 2.46. The molecule has 0 spiro atoms. The minimum atomic E-state index is -3.54. The van der Waals surface area contributed by atoms with Crippen molar-refractivity contribution < 1.29 is 12.8 Å². The van der Waals surface area contributed by atoms with Crippen molar-refractivity contribution in [2.75, 3.05) is 13.1 Å². The van der Waals surface area contributed by atoms with Crippen molar-refractivity contribution in [3.63, 3.8) is 0 Å². The van der Waals surface area contributed by atoms with Crippen LogP contribution in [-0.4, -0.2) is 31.9 Å². The first-order valence-corrected chi connectivity index (χ1v) is 9.62. The number of hydrogen-bond donors (Lipinski definition) is 1. The van der Waals surface area contributed by atoms with Crippen LogP contribution in [-0.2, 0) is 10.0 Å². The van der Waals surface area contributed by atoms with E-state index in [4.69, 9.17) is 0 Å². The third-order valence-electron chi connectivity index (χ3n) is 4.88. The molecule has 0 amide bonds. The molecule has 2 aromatic carbocycles. The summed E-state index contributed by atoms with van der Waals surface area (Å²) in [5, 5.41) is 3.28. The van der Waals surface area contributed by atoms with Crippen molar-refractivity contribution in [2.45, 2.75) is 29.8 Å². The van der Waals surface area contributed by atoms with E-state index in [1.165, 1.54) is 12.1 Å². The molecule has 0 radical (unpaired) electrons. The van der Waals surface area contributed by atoms with Crippen LogP contribution < -0.4 is 5.32 Å². The zero-order valence-electron chi connectivity index (χ0n) is 13.6. The maximum atomic E-state index is 13.3. The smallest absolute Gasteiger partial charge is 0.244 e. The topological polar surface area (TPSA) is 49.4 Å². The molecule has 2 aromatic rings. The summed E-state index contributed by atoms with van der Waals surface area (Å²) in [7, 11) is -3.54. The largest absolute Gasteiger partial charge is 0.317 e. The minimum Gasteiger partial charge on any atom is -0.317 e. The van der Waals surface area contributed by atoms with Crippen LogP contribution in [0.1, 0.15) is 30.0 Å². The van der Waals surface area contributed by atoms with E-state index in [0.29, 0.717) is 4.90 Å². The number of benzene rings is 2. The lowest BCUT2D eigenvalue weighted by Gasteiger charge is -2.34. The molecular weight excluding hydrogens is 363 g/mol. The second-order valence-corrected chi connectivity index (χ2v) is 8.12. The fraction of sp³-hybridized carbons (Fsp3) is 0.333. The van der Waals surface area contributed by atoms with E-state index in [-0.39, 0.29) is 30.3 Å². The molecule has 2 heterocycles. The number of piperidine rings is 1. The Morgan fingerprint density at radius 3 is 2.32 bits per heavy atom. The number of fused-ring (bicyclic) bond motifs is 1. The molecule has 25 heavy (non-hydrogen) atoms. The normalized spacial score (nSPS) is 23.0. The van der Waals surface area contributed by atoms with Gasteiger partial charge >= 0.3 is 0 Å². The fourth-order valence-corrected chi connectivity index (χ4v) is 5.84. The van der Waals surface area contributed by atoms with Crippen molar-refractivity contribution in [1.29, 1.82) is 0 Å². The van der Waals surface area contributed by atoms with Gasteiger partial charge in [0.1, 0.15) is 5.82 Å². The summed E-state index contributed by atoms with van der Waals surface area (Å²) < 4.78 is 41.3. The van der Waals surface area contributed by atoms with Crippen molar-refractivity contribution >= 4 is 22.4 Å². The van der Waals surface area contributed by atoms with Crippen molar-refractivity contribution in [3.05, 3.63) is 65.5 Å². The number of sulfonamides is 1. The molecule has 2 aliphatic heterocycles. The SMILES string of the molecule is Cl.O=S1(=O)c2ccccc2C(c2ccc(F)cc2)N1C1CCNCC1. The first-order chi connectivity index (χ1) is 11.6. The monoisotopic (exact) mass is 382 g/mol. The standard InChI is InChI=1S/C18H19FN2O2S.ClH/c19-14-7-5-13(6-8-14)18-16-3-1-2-4-17(16)24(22,23)21(18)15-9-11-20-12-10-15;/h1-8,15,18,20H,9-12H2;1H. The molecule has 1 fully saturated rings. The van der Waals surface area contributed by atoms with Gasteiger partial charge in [-0.3, -0.25) is 0 Å². The molecule has 1 saturated heterocycles. The van der Waals surface area contributed by atoms with Crippen LogP contribution in [0.4, 0.5) is 4.39 Å². The van der Waals surface area contributed by atoms with Crippen LogP contribution in [0.5, 0.6) is 0 Å². The van der Waals surface area contributed by atoms with Gasteiger partial charge in [0.2, 0.25) is 10.0 Å². The number of rotatable bonds is 2. The zero-order valence-corrected chi connectivity index (χ0v) is 15.2. The van der Waals surface area contributed by atoms with Crippen LogP contribution in [0, 0.1) is 5.82 Å². The third kappa shape index (κ3) is 3.08. The van der Waals surface area contributed by atoms with E-state index in [9.17, 15) is 12.8 Å². The molecule has 4 nitrogen and oxygen atoms in total. The van der Waals surface area contributed by atoms with Crippen LogP contribution in [0.15, 0.2) is 53.4 Å². The predicted molar refractivity (Wildman–Crippen MR) is 96.8 cm³/mol. The van der Waals surface area contributed by atoms with Gasteiger partial charge in [-0.15, -0.1) is 12.4 Å². The molecule has 0 saturated carbocycles. The van der Waals surface area contributed by atoms with E-state index in [2.05, 4.69) is 5.32 Å². The quantitative estimate of drug-likeness (QED) is 0.868. The second-order valence-electron chi connectivity index (χ2n) is 6.31. The molecule has 2 aliphatic rings. The third-order valence-corrected chi connectivity index (χ3v) is 6.87. The first kappa shape index (κ1) is 18.3. The molecule has 0 aromatic heterocycles. The molecular formula is C18H20ClFN2O2S. The second kappa shape index (κ2) is 7.03. The summed E-state index contributed by atoms with van der Waals surface area (Å²) in [6.07, 6.45) is 1.57. The summed E-state index contributed by atoms with van der Waals surface area (Å²) >= 11 is 0. The van der Waals surface area contributed by atoms with E-state index >= 15 is 0 Å². The number of nitrogens with zero attached hydrogens (tertiary/aromatic N) is 1. The highest BCUT2D eigenvalue weighted by Crippen LogP contribution is 2.45. The maximum Gasteiger partial charge on any atom is 0.244 e. The predicted octanol–water partition coefficient (Wildman–Crippen LogP) is 3.09. The molecule has 1 atom stereocenters. The molecule has 134 valence electrons. The summed E-state index contributed by atoms with van der Waals surface area (Å²) in [6.45, 7) is 1.62. The Bertz CT molecular complexity index is 852. The lowest BCUT2D eigenvalue weighted by molar-refractivity contribution is 0.239. The van der Waals surface area contributed by atoms with Gasteiger partial charge in [0, 0.05) is 6.04 Å². The van der Waals surface area contributed by atoms with E-state index in [1.54, 1.807) is 28.6 Å². The zero-order chi connectivity index (χ0) is 16.7. The van der Waals surface area contributed by atoms with Crippen molar-refractivity contribution in [2.24, 2.45) is 0 Å². The lowest BCUT2D eigenvalue weighted by Crippen LogP contribution is -2.45. The molecule has 1 unspecified atom stereocenters. The van der Waals surface area contributed by atoms with Gasteiger partial charge < -0.3 is 5.32 Å². The Labute approximate surface area is 153 Å². The van der Waals surface area contributed by atoms with Gasteiger partial charge in [-0.2, -0.15) is 4.31 Å². The summed E-state index contributed by atoms with van der Waals surface area (Å²) in [5.74, 6) is -0.318. The van der Waals surface area contributed by atoms with Gasteiger partial charge in [0.15, 0.2) is 0 Å². The summed E-state index contributed by atoms with van der Waals surface area (Å²) in [4.78, 5) is 0.373. The Morgan fingerprint density at radius 2 is 1.64 bits per heavy atom. The van der Waals surface area contributed by atoms with Crippen LogP contribution >= 0.6 is 12.4 Å².